The molecule has 1 saturated heterocycles. The summed E-state index contributed by atoms with van der Waals surface area (Å²) in [5, 5.41) is 3.52. The molecular weight excluding hydrogens is 320 g/mol. The number of carbonyl (C=O) groups excluding carboxylic acids is 1. The second kappa shape index (κ2) is 8.77. The summed E-state index contributed by atoms with van der Waals surface area (Å²) >= 11 is 7.73. The van der Waals surface area contributed by atoms with Crippen LogP contribution in [0.3, 0.4) is 0 Å². The number of hydrogen-bond donors (Lipinski definition) is 1. The van der Waals surface area contributed by atoms with Crippen molar-refractivity contribution in [3.05, 3.63) is 28.8 Å². The minimum Gasteiger partial charge on any atom is -0.383 e. The van der Waals surface area contributed by atoms with Crippen LogP contribution < -0.4 is 5.32 Å². The van der Waals surface area contributed by atoms with Crippen molar-refractivity contribution in [2.24, 2.45) is 5.92 Å². The Morgan fingerprint density at radius 1 is 1.55 bits per heavy atom. The van der Waals surface area contributed by atoms with Crippen LogP contribution in [0.5, 0.6) is 0 Å². The molecule has 1 aromatic rings. The first-order chi connectivity index (χ1) is 10.6. The number of carbonyl (C=O) groups is 1. The highest BCUT2D eigenvalue weighted by Gasteiger charge is 2.23. The number of methoxy groups -OCH3 is 1. The maximum absolute atomic E-state index is 12.3. The lowest BCUT2D eigenvalue weighted by Crippen LogP contribution is -2.32. The molecule has 6 heteroatoms. The van der Waals surface area contributed by atoms with E-state index in [0.717, 1.165) is 37.6 Å². The Bertz CT molecular complexity index is 513. The molecule has 0 bridgehead atoms. The normalized spacial score (nSPS) is 18.6. The van der Waals surface area contributed by atoms with E-state index in [0.29, 0.717) is 23.0 Å². The maximum atomic E-state index is 12.3. The highest BCUT2D eigenvalue weighted by atomic mass is 35.5. The van der Waals surface area contributed by atoms with E-state index >= 15 is 0 Å². The van der Waals surface area contributed by atoms with Crippen molar-refractivity contribution in [1.29, 1.82) is 0 Å². The predicted molar refractivity (Wildman–Crippen MR) is 92.0 cm³/mol. The summed E-state index contributed by atoms with van der Waals surface area (Å²) < 4.78 is 5.10. The van der Waals surface area contributed by atoms with Crippen molar-refractivity contribution in [2.45, 2.75) is 11.3 Å². The van der Waals surface area contributed by atoms with Crippen molar-refractivity contribution >= 4 is 29.3 Å². The van der Waals surface area contributed by atoms with Gasteiger partial charge in [-0.3, -0.25) is 4.79 Å². The molecule has 0 aliphatic carbocycles. The predicted octanol–water partition coefficient (Wildman–Crippen LogP) is 2.76. The number of halogens is 1. The molecule has 1 aliphatic heterocycles. The summed E-state index contributed by atoms with van der Waals surface area (Å²) in [4.78, 5) is 15.7. The van der Waals surface area contributed by atoms with Gasteiger partial charge in [0.05, 0.1) is 17.2 Å². The second-order valence-corrected chi connectivity index (χ2v) is 6.79. The van der Waals surface area contributed by atoms with Gasteiger partial charge in [0, 0.05) is 31.6 Å². The fourth-order valence-electron chi connectivity index (χ4n) is 2.64. The van der Waals surface area contributed by atoms with Gasteiger partial charge in [-0.05, 0) is 43.3 Å². The summed E-state index contributed by atoms with van der Waals surface area (Å²) in [5.74, 6) is 0.416. The van der Waals surface area contributed by atoms with Crippen LogP contribution in [-0.2, 0) is 4.74 Å². The summed E-state index contributed by atoms with van der Waals surface area (Å²) in [6.07, 6.45) is 3.10. The van der Waals surface area contributed by atoms with Gasteiger partial charge in [-0.25, -0.2) is 0 Å². The average Bonchev–Trinajstić information content (AvgIpc) is 2.99. The molecule has 1 unspecified atom stereocenters. The first kappa shape index (κ1) is 17.6. The van der Waals surface area contributed by atoms with Gasteiger partial charge in [-0.15, -0.1) is 11.8 Å². The Morgan fingerprint density at radius 3 is 3.09 bits per heavy atom. The number of likely N-dealkylation sites (tertiary alicyclic amines) is 1. The molecular formula is C16H23ClN2O2S. The molecule has 1 aliphatic rings. The first-order valence-corrected chi connectivity index (χ1v) is 9.07. The van der Waals surface area contributed by atoms with Crippen molar-refractivity contribution in [2.75, 3.05) is 46.2 Å². The van der Waals surface area contributed by atoms with Gasteiger partial charge in [0.2, 0.25) is 0 Å². The van der Waals surface area contributed by atoms with Gasteiger partial charge in [0.1, 0.15) is 0 Å². The van der Waals surface area contributed by atoms with Gasteiger partial charge < -0.3 is 15.0 Å². The number of rotatable bonds is 7. The van der Waals surface area contributed by atoms with E-state index in [4.69, 9.17) is 16.3 Å². The number of amides is 1. The summed E-state index contributed by atoms with van der Waals surface area (Å²) in [7, 11) is 1.72. The fraction of sp³-hybridized carbons (Fsp3) is 0.562. The third kappa shape index (κ3) is 4.88. The second-order valence-electron chi connectivity index (χ2n) is 5.50. The zero-order valence-corrected chi connectivity index (χ0v) is 14.7. The maximum Gasteiger partial charge on any atom is 0.252 e. The fourth-order valence-corrected chi connectivity index (χ4v) is 3.28. The van der Waals surface area contributed by atoms with Crippen LogP contribution in [0.1, 0.15) is 16.8 Å². The average molecular weight is 343 g/mol. The van der Waals surface area contributed by atoms with Crippen LogP contribution in [-0.4, -0.2) is 57.0 Å². The quantitative estimate of drug-likeness (QED) is 0.774. The molecule has 122 valence electrons. The van der Waals surface area contributed by atoms with Crippen LogP contribution in [0.4, 0.5) is 0 Å². The van der Waals surface area contributed by atoms with E-state index in [-0.39, 0.29) is 5.91 Å². The van der Waals surface area contributed by atoms with Crippen molar-refractivity contribution in [3.63, 3.8) is 0 Å². The topological polar surface area (TPSA) is 41.6 Å². The van der Waals surface area contributed by atoms with E-state index in [2.05, 4.69) is 10.2 Å². The van der Waals surface area contributed by atoms with Crippen molar-refractivity contribution < 1.29 is 9.53 Å². The largest absolute Gasteiger partial charge is 0.383 e. The monoisotopic (exact) mass is 342 g/mol. The number of thioether (sulfide) groups is 1. The first-order valence-electron chi connectivity index (χ1n) is 7.47. The van der Waals surface area contributed by atoms with Crippen molar-refractivity contribution in [1.82, 2.24) is 10.2 Å². The molecule has 0 radical (unpaired) electrons. The molecule has 1 atom stereocenters. The van der Waals surface area contributed by atoms with E-state index in [1.807, 2.05) is 18.4 Å². The number of ether oxygens (including phenoxy) is 1. The molecule has 0 spiro atoms. The lowest BCUT2D eigenvalue weighted by Gasteiger charge is -2.16. The summed E-state index contributed by atoms with van der Waals surface area (Å²) in [6, 6.07) is 5.56. The van der Waals surface area contributed by atoms with Crippen LogP contribution >= 0.6 is 23.4 Å². The molecule has 22 heavy (non-hydrogen) atoms. The zero-order valence-electron chi connectivity index (χ0n) is 13.1. The molecule has 1 aromatic carbocycles. The van der Waals surface area contributed by atoms with Gasteiger partial charge >= 0.3 is 0 Å². The highest BCUT2D eigenvalue weighted by Crippen LogP contribution is 2.23. The van der Waals surface area contributed by atoms with Gasteiger partial charge in [-0.2, -0.15) is 0 Å². The van der Waals surface area contributed by atoms with E-state index in [9.17, 15) is 4.79 Å². The van der Waals surface area contributed by atoms with Gasteiger partial charge in [0.15, 0.2) is 0 Å². The summed E-state index contributed by atoms with van der Waals surface area (Å²) in [5.41, 5.74) is 0.558. The molecule has 0 aromatic heterocycles. The Kier molecular flexibility index (Phi) is 7.02. The van der Waals surface area contributed by atoms with E-state index in [1.165, 1.54) is 0 Å². The Balaban J connectivity index is 1.83. The minimum atomic E-state index is -0.0868. The number of nitrogens with one attached hydrogen (secondary N) is 1. The molecule has 4 nitrogen and oxygen atoms in total. The third-order valence-electron chi connectivity index (χ3n) is 3.95. The number of hydrogen-bond acceptors (Lipinski definition) is 4. The van der Waals surface area contributed by atoms with E-state index < -0.39 is 0 Å². The molecule has 2 rings (SSSR count). The molecule has 1 N–H and O–H groups in total. The smallest absolute Gasteiger partial charge is 0.252 e. The zero-order chi connectivity index (χ0) is 15.9. The molecule has 0 saturated carbocycles. The Morgan fingerprint density at radius 2 is 2.36 bits per heavy atom. The Hall–Kier alpha value is -0.750. The lowest BCUT2D eigenvalue weighted by atomic mass is 10.1. The van der Waals surface area contributed by atoms with Crippen LogP contribution in [0.25, 0.3) is 0 Å². The molecule has 1 heterocycles. The number of benzene rings is 1. The molecule has 1 amide bonds. The third-order valence-corrected chi connectivity index (χ3v) is 5.01. The highest BCUT2D eigenvalue weighted by molar-refractivity contribution is 7.98. The minimum absolute atomic E-state index is 0.0868. The number of nitrogens with zero attached hydrogens (tertiary/aromatic N) is 1. The standard InChI is InChI=1S/C16H23ClN2O2S/c1-21-8-7-19-6-5-12(11-19)10-18-16(20)14-9-13(22-2)3-4-15(14)17/h3-4,9,12H,5-8,10-11H2,1-2H3,(H,18,20). The van der Waals surface area contributed by atoms with Crippen LogP contribution in [0.15, 0.2) is 23.1 Å². The van der Waals surface area contributed by atoms with Crippen LogP contribution in [0, 0.1) is 5.92 Å². The van der Waals surface area contributed by atoms with Gasteiger partial charge in [-0.1, -0.05) is 11.6 Å². The SMILES string of the molecule is COCCN1CCC(CNC(=O)c2cc(SC)ccc2Cl)C1. The molecule has 1 fully saturated rings. The van der Waals surface area contributed by atoms with E-state index in [1.54, 1.807) is 24.9 Å². The van der Waals surface area contributed by atoms with Crippen LogP contribution in [0.2, 0.25) is 5.02 Å². The van der Waals surface area contributed by atoms with Gasteiger partial charge in [0.25, 0.3) is 5.91 Å². The van der Waals surface area contributed by atoms with Crippen molar-refractivity contribution in [3.8, 4) is 0 Å². The Labute approximate surface area is 141 Å². The lowest BCUT2D eigenvalue weighted by molar-refractivity contribution is 0.0946. The summed E-state index contributed by atoms with van der Waals surface area (Å²) in [6.45, 7) is 4.51.